The lowest BCUT2D eigenvalue weighted by molar-refractivity contribution is 0.500. The summed E-state index contributed by atoms with van der Waals surface area (Å²) in [6.45, 7) is 0.549. The van der Waals surface area contributed by atoms with Crippen molar-refractivity contribution < 1.29 is 8.78 Å². The average molecular weight is 249 g/mol. The number of benzene rings is 1. The Morgan fingerprint density at radius 3 is 2.56 bits per heavy atom. The summed E-state index contributed by atoms with van der Waals surface area (Å²) in [5.74, 6) is -1.41. The van der Waals surface area contributed by atoms with Crippen LogP contribution in [-0.2, 0) is 0 Å². The molecule has 0 aliphatic heterocycles. The van der Waals surface area contributed by atoms with E-state index in [1.807, 2.05) is 0 Å². The molecular formula is C11H15ClF2N2. The van der Waals surface area contributed by atoms with Gasteiger partial charge in [0.1, 0.15) is 11.6 Å². The van der Waals surface area contributed by atoms with E-state index in [4.69, 9.17) is 23.1 Å². The van der Waals surface area contributed by atoms with Crippen LogP contribution in [0, 0.1) is 11.6 Å². The van der Waals surface area contributed by atoms with Gasteiger partial charge in [0, 0.05) is 11.6 Å². The monoisotopic (exact) mass is 248 g/mol. The van der Waals surface area contributed by atoms with Crippen LogP contribution in [0.1, 0.15) is 30.9 Å². The number of rotatable bonds is 5. The third kappa shape index (κ3) is 3.14. The number of halogens is 3. The first-order valence-electron chi connectivity index (χ1n) is 5.17. The highest BCUT2D eigenvalue weighted by Gasteiger charge is 2.18. The van der Waals surface area contributed by atoms with Crippen molar-refractivity contribution in [1.82, 2.24) is 0 Å². The van der Waals surface area contributed by atoms with Crippen LogP contribution in [0.3, 0.4) is 0 Å². The molecule has 2 nitrogen and oxygen atoms in total. The van der Waals surface area contributed by atoms with Gasteiger partial charge in [0.05, 0.1) is 5.02 Å². The van der Waals surface area contributed by atoms with E-state index in [1.165, 1.54) is 6.07 Å². The molecule has 0 aliphatic rings. The molecule has 90 valence electrons. The van der Waals surface area contributed by atoms with Crippen molar-refractivity contribution in [2.24, 2.45) is 11.5 Å². The lowest BCUT2D eigenvalue weighted by atomic mass is 10.0. The molecule has 0 saturated heterocycles. The summed E-state index contributed by atoms with van der Waals surface area (Å²) in [7, 11) is 0. The van der Waals surface area contributed by atoms with E-state index < -0.39 is 17.7 Å². The quantitative estimate of drug-likeness (QED) is 0.622. The van der Waals surface area contributed by atoms with Crippen molar-refractivity contribution in [2.45, 2.75) is 25.3 Å². The molecule has 0 aromatic heterocycles. The molecule has 0 spiro atoms. The lowest BCUT2D eigenvalue weighted by Gasteiger charge is -2.14. The highest BCUT2D eigenvalue weighted by atomic mass is 35.5. The largest absolute Gasteiger partial charge is 0.330 e. The predicted octanol–water partition coefficient (Wildman–Crippen LogP) is 2.75. The van der Waals surface area contributed by atoms with Gasteiger partial charge in [-0.25, -0.2) is 8.78 Å². The van der Waals surface area contributed by atoms with Crippen LogP contribution in [-0.4, -0.2) is 6.54 Å². The normalized spacial score (nSPS) is 12.8. The summed E-state index contributed by atoms with van der Waals surface area (Å²) >= 11 is 5.57. The number of unbranched alkanes of at least 4 members (excludes halogenated alkanes) is 1. The van der Waals surface area contributed by atoms with E-state index in [9.17, 15) is 8.78 Å². The van der Waals surface area contributed by atoms with Crippen LogP contribution in [0.5, 0.6) is 0 Å². The summed E-state index contributed by atoms with van der Waals surface area (Å²) in [6.07, 6.45) is 2.02. The van der Waals surface area contributed by atoms with Gasteiger partial charge in [-0.3, -0.25) is 0 Å². The van der Waals surface area contributed by atoms with E-state index in [1.54, 1.807) is 0 Å². The highest BCUT2D eigenvalue weighted by Crippen LogP contribution is 2.27. The topological polar surface area (TPSA) is 52.0 Å². The van der Waals surface area contributed by atoms with Gasteiger partial charge in [-0.05, 0) is 31.5 Å². The molecule has 16 heavy (non-hydrogen) atoms. The molecule has 0 aliphatic carbocycles. The Morgan fingerprint density at radius 2 is 1.94 bits per heavy atom. The molecule has 1 aromatic carbocycles. The van der Waals surface area contributed by atoms with Crippen molar-refractivity contribution in [1.29, 1.82) is 0 Å². The second-order valence-electron chi connectivity index (χ2n) is 3.65. The Labute approximate surface area is 98.6 Å². The van der Waals surface area contributed by atoms with Gasteiger partial charge >= 0.3 is 0 Å². The van der Waals surface area contributed by atoms with E-state index in [0.29, 0.717) is 13.0 Å². The van der Waals surface area contributed by atoms with Crippen molar-refractivity contribution in [3.63, 3.8) is 0 Å². The predicted molar refractivity (Wildman–Crippen MR) is 61.2 cm³/mol. The average Bonchev–Trinajstić information content (AvgIpc) is 2.24. The van der Waals surface area contributed by atoms with Gasteiger partial charge in [0.15, 0.2) is 0 Å². The fourth-order valence-corrected chi connectivity index (χ4v) is 1.70. The second-order valence-corrected chi connectivity index (χ2v) is 4.06. The number of hydrogen-bond acceptors (Lipinski definition) is 2. The molecule has 0 unspecified atom stereocenters. The molecule has 1 rings (SSSR count). The fourth-order valence-electron chi connectivity index (χ4n) is 1.54. The summed E-state index contributed by atoms with van der Waals surface area (Å²) in [6, 6.07) is 1.64. The van der Waals surface area contributed by atoms with Crippen LogP contribution in [0.25, 0.3) is 0 Å². The third-order valence-electron chi connectivity index (χ3n) is 2.42. The minimum absolute atomic E-state index is 0.106. The van der Waals surface area contributed by atoms with Crippen LogP contribution < -0.4 is 11.5 Å². The van der Waals surface area contributed by atoms with Crippen molar-refractivity contribution in [2.75, 3.05) is 6.54 Å². The van der Waals surface area contributed by atoms with Crippen LogP contribution in [0.4, 0.5) is 8.78 Å². The Hall–Kier alpha value is -0.710. The molecule has 5 heteroatoms. The van der Waals surface area contributed by atoms with Crippen molar-refractivity contribution in [3.8, 4) is 0 Å². The molecule has 0 amide bonds. The Balaban J connectivity index is 2.81. The lowest BCUT2D eigenvalue weighted by Crippen LogP contribution is -2.15. The van der Waals surface area contributed by atoms with Crippen LogP contribution >= 0.6 is 11.6 Å². The Bertz CT molecular complexity index is 358. The van der Waals surface area contributed by atoms with Crippen LogP contribution in [0.2, 0.25) is 5.02 Å². The summed E-state index contributed by atoms with van der Waals surface area (Å²) < 4.78 is 26.9. The van der Waals surface area contributed by atoms with Crippen molar-refractivity contribution >= 4 is 11.6 Å². The molecule has 4 N–H and O–H groups in total. The zero-order valence-electron chi connectivity index (χ0n) is 8.85. The van der Waals surface area contributed by atoms with E-state index in [2.05, 4.69) is 0 Å². The first kappa shape index (κ1) is 13.4. The Morgan fingerprint density at radius 1 is 1.25 bits per heavy atom. The fraction of sp³-hybridized carbons (Fsp3) is 0.455. The highest BCUT2D eigenvalue weighted by molar-refractivity contribution is 6.30. The molecular weight excluding hydrogens is 234 g/mol. The van der Waals surface area contributed by atoms with Gasteiger partial charge in [0.2, 0.25) is 0 Å². The number of hydrogen-bond donors (Lipinski definition) is 2. The van der Waals surface area contributed by atoms with E-state index in [-0.39, 0.29) is 10.6 Å². The van der Waals surface area contributed by atoms with Gasteiger partial charge in [-0.2, -0.15) is 0 Å². The summed E-state index contributed by atoms with van der Waals surface area (Å²) in [4.78, 5) is 0. The second kappa shape index (κ2) is 6.13. The van der Waals surface area contributed by atoms with E-state index in [0.717, 1.165) is 18.9 Å². The Kier molecular flexibility index (Phi) is 5.12. The first-order valence-corrected chi connectivity index (χ1v) is 5.54. The van der Waals surface area contributed by atoms with Gasteiger partial charge < -0.3 is 11.5 Å². The maximum Gasteiger partial charge on any atom is 0.149 e. The minimum Gasteiger partial charge on any atom is -0.330 e. The standard InChI is InChI=1S/C11H15ClF2N2/c12-7-4-5-8(13)10(11(7)14)9(16)3-1-2-6-15/h4-5,9H,1-3,6,15-16H2/t9-/m0/s1. The zero-order chi connectivity index (χ0) is 12.1. The third-order valence-corrected chi connectivity index (χ3v) is 2.71. The maximum atomic E-state index is 13.5. The molecule has 1 aromatic rings. The number of nitrogens with two attached hydrogens (primary N) is 2. The molecule has 0 saturated carbocycles. The van der Waals surface area contributed by atoms with Crippen molar-refractivity contribution in [3.05, 3.63) is 34.4 Å². The SMILES string of the molecule is NCCCC[C@H](N)c1c(F)ccc(Cl)c1F. The van der Waals surface area contributed by atoms with Gasteiger partial charge in [-0.15, -0.1) is 0 Å². The van der Waals surface area contributed by atoms with E-state index >= 15 is 0 Å². The molecule has 0 bridgehead atoms. The minimum atomic E-state index is -0.762. The van der Waals surface area contributed by atoms with Crippen LogP contribution in [0.15, 0.2) is 12.1 Å². The first-order chi connectivity index (χ1) is 7.57. The van der Waals surface area contributed by atoms with Gasteiger partial charge in [0.25, 0.3) is 0 Å². The molecule has 0 heterocycles. The summed E-state index contributed by atoms with van der Waals surface area (Å²) in [5.41, 5.74) is 10.9. The summed E-state index contributed by atoms with van der Waals surface area (Å²) in [5, 5.41) is -0.106. The van der Waals surface area contributed by atoms with Gasteiger partial charge in [-0.1, -0.05) is 18.0 Å². The maximum absolute atomic E-state index is 13.5. The molecule has 1 atom stereocenters. The molecule has 0 radical (unpaired) electrons. The molecule has 0 fully saturated rings. The smallest absolute Gasteiger partial charge is 0.149 e. The zero-order valence-corrected chi connectivity index (χ0v) is 9.61.